The van der Waals surface area contributed by atoms with Crippen molar-refractivity contribution < 1.29 is 27.2 Å². The first kappa shape index (κ1) is 21.6. The number of nitrogens with zero attached hydrogens (tertiary/aromatic N) is 3. The molecule has 0 aliphatic carbocycles. The fourth-order valence-electron chi connectivity index (χ4n) is 3.03. The Morgan fingerprint density at radius 3 is 2.31 bits per heavy atom. The summed E-state index contributed by atoms with van der Waals surface area (Å²) in [5, 5.41) is 4.44. The van der Waals surface area contributed by atoms with E-state index in [9.17, 15) is 13.2 Å². The second-order valence-corrected chi connectivity index (χ2v) is 8.10. The van der Waals surface area contributed by atoms with Crippen molar-refractivity contribution in [3.05, 3.63) is 36.3 Å². The molecule has 3 heterocycles. The quantitative estimate of drug-likeness (QED) is 0.681. The molecule has 6 nitrogen and oxygen atoms in total. The van der Waals surface area contributed by atoms with Gasteiger partial charge in [0.05, 0.1) is 17.2 Å². The molecule has 2 aromatic heterocycles. The Morgan fingerprint density at radius 2 is 1.79 bits per heavy atom. The molecule has 10 heteroatoms. The number of aromatic nitrogens is 3. The summed E-state index contributed by atoms with van der Waals surface area (Å²) in [4.78, 5) is 3.99. The van der Waals surface area contributed by atoms with Gasteiger partial charge in [-0.15, -0.1) is 0 Å². The van der Waals surface area contributed by atoms with Crippen molar-refractivity contribution in [2.45, 2.75) is 64.5 Å². The molecular formula is C19H25BF3N3O3. The minimum atomic E-state index is -4.40. The highest BCUT2D eigenvalue weighted by atomic mass is 19.4. The normalized spacial score (nSPS) is 19.4. The summed E-state index contributed by atoms with van der Waals surface area (Å²) in [6, 6.07) is 3.00. The van der Waals surface area contributed by atoms with E-state index in [0.717, 1.165) is 17.4 Å². The number of hydrogen-bond donors (Lipinski definition) is 0. The maximum atomic E-state index is 12.3. The predicted octanol–water partition coefficient (Wildman–Crippen LogP) is 3.52. The van der Waals surface area contributed by atoms with E-state index in [0.29, 0.717) is 0 Å². The number of pyridine rings is 1. The number of halogens is 3. The average molecular weight is 411 g/mol. The lowest BCUT2D eigenvalue weighted by atomic mass is 9.82. The second kappa shape index (κ2) is 7.64. The average Bonchev–Trinajstić information content (AvgIpc) is 3.17. The summed E-state index contributed by atoms with van der Waals surface area (Å²) in [6.07, 6.45) is 1.40. The van der Waals surface area contributed by atoms with Gasteiger partial charge in [0.2, 0.25) is 5.88 Å². The van der Waals surface area contributed by atoms with Gasteiger partial charge in [0, 0.05) is 30.1 Å². The van der Waals surface area contributed by atoms with Crippen LogP contribution in [-0.2, 0) is 9.31 Å². The monoisotopic (exact) mass is 411 g/mol. The summed E-state index contributed by atoms with van der Waals surface area (Å²) in [5.41, 5.74) is 0.732. The molecule has 2 aromatic rings. The number of hydrogen-bond acceptors (Lipinski definition) is 5. The second-order valence-electron chi connectivity index (χ2n) is 8.10. The molecule has 0 N–H and O–H groups in total. The molecule has 1 fully saturated rings. The van der Waals surface area contributed by atoms with Gasteiger partial charge in [-0.05, 0) is 45.7 Å². The predicted molar refractivity (Wildman–Crippen MR) is 102 cm³/mol. The van der Waals surface area contributed by atoms with Crippen molar-refractivity contribution in [2.24, 2.45) is 0 Å². The molecule has 1 aliphatic heterocycles. The largest absolute Gasteiger partial charge is 0.498 e. The summed E-state index contributed by atoms with van der Waals surface area (Å²) in [6.45, 7) is 8.57. The Kier molecular flexibility index (Phi) is 5.70. The molecule has 0 amide bonds. The zero-order valence-corrected chi connectivity index (χ0v) is 17.2. The first-order valence-electron chi connectivity index (χ1n) is 9.47. The van der Waals surface area contributed by atoms with E-state index in [1.807, 2.05) is 40.8 Å². The maximum absolute atomic E-state index is 12.3. The first-order chi connectivity index (χ1) is 13.4. The van der Waals surface area contributed by atoms with Crippen LogP contribution in [0.3, 0.4) is 0 Å². The first-order valence-corrected chi connectivity index (χ1v) is 9.47. The molecule has 1 unspecified atom stereocenters. The van der Waals surface area contributed by atoms with E-state index in [1.54, 1.807) is 16.9 Å². The Hall–Kier alpha value is -2.07. The smallest absolute Gasteiger partial charge is 0.468 e. The van der Waals surface area contributed by atoms with Gasteiger partial charge in [0.1, 0.15) is 0 Å². The van der Waals surface area contributed by atoms with Gasteiger partial charge in [-0.3, -0.25) is 4.68 Å². The molecule has 0 saturated carbocycles. The topological polar surface area (TPSA) is 58.4 Å². The van der Waals surface area contributed by atoms with Crippen LogP contribution in [0.5, 0.6) is 5.88 Å². The van der Waals surface area contributed by atoms with Crippen LogP contribution < -0.4 is 10.2 Å². The van der Waals surface area contributed by atoms with Gasteiger partial charge in [-0.2, -0.15) is 18.3 Å². The van der Waals surface area contributed by atoms with Crippen LogP contribution in [0.4, 0.5) is 13.2 Å². The summed E-state index contributed by atoms with van der Waals surface area (Å²) in [7, 11) is -0.512. The minimum absolute atomic E-state index is 0.0701. The molecule has 29 heavy (non-hydrogen) atoms. The van der Waals surface area contributed by atoms with E-state index in [-0.39, 0.29) is 11.9 Å². The van der Waals surface area contributed by atoms with Crippen molar-refractivity contribution in [2.75, 3.05) is 6.61 Å². The maximum Gasteiger partial charge on any atom is 0.498 e. The molecule has 1 saturated heterocycles. The third-order valence-electron chi connectivity index (χ3n) is 5.38. The number of rotatable bonds is 6. The third kappa shape index (κ3) is 4.75. The van der Waals surface area contributed by atoms with Gasteiger partial charge < -0.3 is 14.0 Å². The highest BCUT2D eigenvalue weighted by Crippen LogP contribution is 2.36. The van der Waals surface area contributed by atoms with Crippen LogP contribution in [0, 0.1) is 0 Å². The van der Waals surface area contributed by atoms with Crippen molar-refractivity contribution in [1.82, 2.24) is 14.8 Å². The van der Waals surface area contributed by atoms with Crippen LogP contribution in [0.2, 0.25) is 0 Å². The molecular weight excluding hydrogens is 386 g/mol. The Labute approximate surface area is 168 Å². The van der Waals surface area contributed by atoms with Crippen LogP contribution in [0.25, 0.3) is 0 Å². The van der Waals surface area contributed by atoms with E-state index in [4.69, 9.17) is 9.31 Å². The van der Waals surface area contributed by atoms with Crippen molar-refractivity contribution in [1.29, 1.82) is 0 Å². The lowest BCUT2D eigenvalue weighted by molar-refractivity contribution is -0.154. The molecule has 158 valence electrons. The van der Waals surface area contributed by atoms with Gasteiger partial charge in [0.25, 0.3) is 0 Å². The lowest BCUT2D eigenvalue weighted by Crippen LogP contribution is -2.41. The SMILES string of the molecule is CCC(c1ccc(OCC(F)(F)F)nc1)n1cc(B2OC(C)(C)C(C)(C)O2)cn1. The van der Waals surface area contributed by atoms with Crippen molar-refractivity contribution >= 4 is 12.6 Å². The molecule has 1 aliphatic rings. The van der Waals surface area contributed by atoms with E-state index in [2.05, 4.69) is 14.8 Å². The van der Waals surface area contributed by atoms with Crippen molar-refractivity contribution in [3.63, 3.8) is 0 Å². The molecule has 0 spiro atoms. The lowest BCUT2D eigenvalue weighted by Gasteiger charge is -2.32. The van der Waals surface area contributed by atoms with Crippen molar-refractivity contribution in [3.8, 4) is 5.88 Å². The van der Waals surface area contributed by atoms with Crippen LogP contribution in [0.1, 0.15) is 52.6 Å². The Balaban J connectivity index is 1.73. The Bertz CT molecular complexity index is 821. The van der Waals surface area contributed by atoms with E-state index < -0.39 is 31.1 Å². The zero-order valence-electron chi connectivity index (χ0n) is 17.2. The van der Waals surface area contributed by atoms with E-state index >= 15 is 0 Å². The minimum Gasteiger partial charge on any atom is -0.468 e. The fourth-order valence-corrected chi connectivity index (χ4v) is 3.03. The summed E-state index contributed by atoms with van der Waals surface area (Å²) < 4.78 is 55.4. The van der Waals surface area contributed by atoms with Gasteiger partial charge >= 0.3 is 13.3 Å². The zero-order chi connectivity index (χ0) is 21.4. The highest BCUT2D eigenvalue weighted by molar-refractivity contribution is 6.62. The van der Waals surface area contributed by atoms with Gasteiger partial charge in [0.15, 0.2) is 6.61 Å². The standard InChI is InChI=1S/C19H25BF3N3O3/c1-6-15(13-7-8-16(24-9-13)27-12-19(21,22)23)26-11-14(10-25-26)20-28-17(2,3)18(4,5)29-20/h7-11,15H,6,12H2,1-5H3. The Morgan fingerprint density at radius 1 is 1.14 bits per heavy atom. The number of ether oxygens (including phenoxy) is 1. The molecule has 0 bridgehead atoms. The van der Waals surface area contributed by atoms with Gasteiger partial charge in [-0.25, -0.2) is 4.98 Å². The molecule has 3 rings (SSSR count). The molecule has 0 radical (unpaired) electrons. The van der Waals surface area contributed by atoms with Gasteiger partial charge in [-0.1, -0.05) is 6.92 Å². The highest BCUT2D eigenvalue weighted by Gasteiger charge is 2.52. The van der Waals surface area contributed by atoms with Crippen LogP contribution in [0.15, 0.2) is 30.7 Å². The summed E-state index contributed by atoms with van der Waals surface area (Å²) >= 11 is 0. The van der Waals surface area contributed by atoms with Crippen LogP contribution in [-0.4, -0.2) is 45.9 Å². The summed E-state index contributed by atoms with van der Waals surface area (Å²) in [5.74, 6) is -0.0701. The third-order valence-corrected chi connectivity index (χ3v) is 5.38. The number of alkyl halides is 3. The molecule has 0 aromatic carbocycles. The van der Waals surface area contributed by atoms with E-state index in [1.165, 1.54) is 12.3 Å². The fraction of sp³-hybridized carbons (Fsp3) is 0.579. The molecule has 1 atom stereocenters. The van der Waals surface area contributed by atoms with Crippen LogP contribution >= 0.6 is 0 Å².